The van der Waals surface area contributed by atoms with Gasteiger partial charge in [0.2, 0.25) is 0 Å². The van der Waals surface area contributed by atoms with E-state index < -0.39 is 18.8 Å². The highest BCUT2D eigenvalue weighted by atomic mass is 19.4. The topological polar surface area (TPSA) is 67.5 Å². The molecule has 0 saturated heterocycles. The van der Waals surface area contributed by atoms with Gasteiger partial charge in [0.1, 0.15) is 6.54 Å². The van der Waals surface area contributed by atoms with Crippen LogP contribution in [0.15, 0.2) is 47.8 Å². The first-order valence-corrected chi connectivity index (χ1v) is 10.1. The largest absolute Gasteiger partial charge is 0.406 e. The van der Waals surface area contributed by atoms with E-state index >= 15 is 0 Å². The Labute approximate surface area is 178 Å². The van der Waals surface area contributed by atoms with Gasteiger partial charge in [-0.1, -0.05) is 37.2 Å². The number of aromatic nitrogens is 2. The molecule has 0 radical (unpaired) electrons. The quantitative estimate of drug-likeness (QED) is 0.440. The van der Waals surface area contributed by atoms with Crippen LogP contribution in [0.3, 0.4) is 0 Å². The molecule has 31 heavy (non-hydrogen) atoms. The average Bonchev–Trinajstić information content (AvgIpc) is 2.97. The number of fused-ring (bicyclic) bond motifs is 1. The number of rotatable bonds is 8. The van der Waals surface area contributed by atoms with Gasteiger partial charge in [0.05, 0.1) is 24.0 Å². The molecule has 1 unspecified atom stereocenters. The second kappa shape index (κ2) is 8.78. The maximum atomic E-state index is 13.6. The summed E-state index contributed by atoms with van der Waals surface area (Å²) in [5.41, 5.74) is 2.03. The number of nitrogens with zero attached hydrogens (tertiary/aromatic N) is 3. The fourth-order valence-corrected chi connectivity index (χ4v) is 4.07. The van der Waals surface area contributed by atoms with Crippen LogP contribution < -0.4 is 0 Å². The smallest absolute Gasteiger partial charge is 0.387 e. The standard InChI is InChI=1S/C23H26F3N3O2/c1-15(30)20-17(8-6-11-27-20)21-18(13-22(2,3)10-12-28-31)16-7-4-5-9-19(16)29(21)14-23(24,25)26/h4-9,11,15,30H,10,12-14H2,1-3H3. The van der Waals surface area contributed by atoms with Crippen molar-refractivity contribution in [3.8, 4) is 11.3 Å². The van der Waals surface area contributed by atoms with Crippen LogP contribution in [-0.2, 0) is 13.0 Å². The molecular formula is C23H26F3N3O2. The van der Waals surface area contributed by atoms with E-state index in [1.807, 2.05) is 19.9 Å². The third kappa shape index (κ3) is 5.12. The summed E-state index contributed by atoms with van der Waals surface area (Å²) in [6, 6.07) is 10.3. The van der Waals surface area contributed by atoms with E-state index in [2.05, 4.69) is 10.2 Å². The van der Waals surface area contributed by atoms with E-state index in [1.54, 1.807) is 37.3 Å². The lowest BCUT2D eigenvalue weighted by molar-refractivity contribution is -0.139. The van der Waals surface area contributed by atoms with Gasteiger partial charge in [-0.3, -0.25) is 4.98 Å². The molecule has 3 rings (SSSR count). The first-order chi connectivity index (χ1) is 14.5. The van der Waals surface area contributed by atoms with Crippen LogP contribution in [0.5, 0.6) is 0 Å². The van der Waals surface area contributed by atoms with Crippen molar-refractivity contribution in [2.24, 2.45) is 10.6 Å². The van der Waals surface area contributed by atoms with Crippen LogP contribution >= 0.6 is 0 Å². The lowest BCUT2D eigenvalue weighted by Crippen LogP contribution is -2.20. The molecule has 166 valence electrons. The lowest BCUT2D eigenvalue weighted by Gasteiger charge is -2.25. The second-order valence-corrected chi connectivity index (χ2v) is 8.60. The third-order valence-electron chi connectivity index (χ3n) is 5.44. The van der Waals surface area contributed by atoms with E-state index in [9.17, 15) is 23.2 Å². The molecule has 0 aliphatic carbocycles. The number of aliphatic hydroxyl groups excluding tert-OH is 1. The van der Waals surface area contributed by atoms with E-state index in [0.29, 0.717) is 40.7 Å². The summed E-state index contributed by atoms with van der Waals surface area (Å²) < 4.78 is 42.1. The molecule has 8 heteroatoms. The number of aliphatic hydroxyl groups is 1. The Morgan fingerprint density at radius 1 is 1.16 bits per heavy atom. The number of nitroso groups, excluding NO2 is 1. The Bertz CT molecular complexity index is 1070. The van der Waals surface area contributed by atoms with Crippen molar-refractivity contribution in [2.75, 3.05) is 6.54 Å². The normalized spacial score (nSPS) is 13.5. The van der Waals surface area contributed by atoms with Gasteiger partial charge < -0.3 is 9.67 Å². The van der Waals surface area contributed by atoms with Gasteiger partial charge in [-0.25, -0.2) is 0 Å². The van der Waals surface area contributed by atoms with E-state index in [1.165, 1.54) is 10.8 Å². The fourth-order valence-electron chi connectivity index (χ4n) is 4.07. The summed E-state index contributed by atoms with van der Waals surface area (Å²) in [5.74, 6) is 0. The van der Waals surface area contributed by atoms with Crippen molar-refractivity contribution in [3.63, 3.8) is 0 Å². The minimum absolute atomic E-state index is 0.134. The molecule has 0 aliphatic rings. The number of pyridine rings is 1. The number of para-hydroxylation sites is 1. The maximum Gasteiger partial charge on any atom is 0.406 e. The first kappa shape index (κ1) is 22.9. The molecule has 5 nitrogen and oxygen atoms in total. The lowest BCUT2D eigenvalue weighted by atomic mass is 9.81. The Hall–Kier alpha value is -2.74. The Kier molecular flexibility index (Phi) is 6.50. The van der Waals surface area contributed by atoms with Crippen LogP contribution in [-0.4, -0.2) is 27.4 Å². The minimum Gasteiger partial charge on any atom is -0.387 e. The van der Waals surface area contributed by atoms with Crippen LogP contribution in [0, 0.1) is 10.3 Å². The van der Waals surface area contributed by atoms with E-state index in [0.717, 1.165) is 5.56 Å². The summed E-state index contributed by atoms with van der Waals surface area (Å²) in [6.07, 6.45) is -2.92. The molecule has 2 aromatic heterocycles. The Morgan fingerprint density at radius 3 is 2.52 bits per heavy atom. The molecule has 1 N–H and O–H groups in total. The maximum absolute atomic E-state index is 13.6. The summed E-state index contributed by atoms with van der Waals surface area (Å²) in [7, 11) is 0. The van der Waals surface area contributed by atoms with E-state index in [-0.39, 0.29) is 12.0 Å². The van der Waals surface area contributed by atoms with Gasteiger partial charge in [0.15, 0.2) is 0 Å². The van der Waals surface area contributed by atoms with Gasteiger partial charge in [0, 0.05) is 22.7 Å². The highest BCUT2D eigenvalue weighted by Gasteiger charge is 2.33. The number of benzene rings is 1. The zero-order valence-electron chi connectivity index (χ0n) is 17.8. The van der Waals surface area contributed by atoms with Crippen molar-refractivity contribution in [1.82, 2.24) is 9.55 Å². The van der Waals surface area contributed by atoms with Crippen molar-refractivity contribution in [1.29, 1.82) is 0 Å². The monoisotopic (exact) mass is 433 g/mol. The van der Waals surface area contributed by atoms with E-state index in [4.69, 9.17) is 0 Å². The van der Waals surface area contributed by atoms with Crippen LogP contribution in [0.25, 0.3) is 22.2 Å². The fraction of sp³-hybridized carbons (Fsp3) is 0.435. The van der Waals surface area contributed by atoms with Crippen LogP contribution in [0.4, 0.5) is 13.2 Å². The molecule has 0 amide bonds. The summed E-state index contributed by atoms with van der Waals surface area (Å²) in [4.78, 5) is 14.9. The molecule has 1 atom stereocenters. The second-order valence-electron chi connectivity index (χ2n) is 8.60. The average molecular weight is 433 g/mol. The molecule has 0 fully saturated rings. The molecule has 0 aliphatic heterocycles. The number of hydrogen-bond acceptors (Lipinski definition) is 4. The minimum atomic E-state index is -4.43. The molecular weight excluding hydrogens is 407 g/mol. The molecule has 0 saturated carbocycles. The first-order valence-electron chi connectivity index (χ1n) is 10.1. The number of hydrogen-bond donors (Lipinski definition) is 1. The molecule has 0 spiro atoms. The Balaban J connectivity index is 2.34. The zero-order valence-corrected chi connectivity index (χ0v) is 17.8. The number of halogens is 3. The predicted octanol–water partition coefficient (Wildman–Crippen LogP) is 6.04. The van der Waals surface area contributed by atoms with Gasteiger partial charge in [-0.05, 0) is 48.9 Å². The molecule has 2 heterocycles. The molecule has 3 aromatic rings. The predicted molar refractivity (Wildman–Crippen MR) is 115 cm³/mol. The highest BCUT2D eigenvalue weighted by Crippen LogP contribution is 2.41. The van der Waals surface area contributed by atoms with Crippen molar-refractivity contribution in [2.45, 2.75) is 52.4 Å². The van der Waals surface area contributed by atoms with Crippen molar-refractivity contribution in [3.05, 3.63) is 58.8 Å². The van der Waals surface area contributed by atoms with Gasteiger partial charge in [0.25, 0.3) is 0 Å². The summed E-state index contributed by atoms with van der Waals surface area (Å²) in [5, 5.41) is 13.9. The highest BCUT2D eigenvalue weighted by molar-refractivity contribution is 5.92. The van der Waals surface area contributed by atoms with Crippen molar-refractivity contribution < 1.29 is 18.3 Å². The summed E-state index contributed by atoms with van der Waals surface area (Å²) >= 11 is 0. The molecule has 1 aromatic carbocycles. The van der Waals surface area contributed by atoms with Gasteiger partial charge in [-0.2, -0.15) is 18.1 Å². The van der Waals surface area contributed by atoms with Crippen molar-refractivity contribution >= 4 is 10.9 Å². The van der Waals surface area contributed by atoms with Crippen LogP contribution in [0.1, 0.15) is 44.6 Å². The number of alkyl halides is 3. The van der Waals surface area contributed by atoms with Gasteiger partial charge >= 0.3 is 6.18 Å². The van der Waals surface area contributed by atoms with Gasteiger partial charge in [-0.15, -0.1) is 0 Å². The third-order valence-corrected chi connectivity index (χ3v) is 5.44. The SMILES string of the molecule is CC(O)c1ncccc1-c1c(CC(C)(C)CCN=O)c2ccccc2n1CC(F)(F)F. The zero-order chi connectivity index (χ0) is 22.8. The summed E-state index contributed by atoms with van der Waals surface area (Å²) in [6.45, 7) is 4.46. The Morgan fingerprint density at radius 2 is 1.87 bits per heavy atom. The van der Waals surface area contributed by atoms with Crippen LogP contribution in [0.2, 0.25) is 0 Å². The molecule has 0 bridgehead atoms.